The number of hydrogen-bond acceptors (Lipinski definition) is 4. The molecule has 0 radical (unpaired) electrons. The standard InChI is InChI=1S/C23H28F3N4O/c1-16(2)17-4-7-22(31-3)20(8-17)19-6-5-18(23(24,25)26)9-21(19)30-13-27-10-28(14-30)12-29(11-27)15-30/h4-9,16H,10-15H2,1-3H3/q+1. The minimum Gasteiger partial charge on any atom is -0.496 e. The zero-order chi connectivity index (χ0) is 22.0. The van der Waals surface area contributed by atoms with Crippen molar-refractivity contribution in [2.75, 3.05) is 47.1 Å². The van der Waals surface area contributed by atoms with Gasteiger partial charge in [-0.15, -0.1) is 0 Å². The van der Waals surface area contributed by atoms with Gasteiger partial charge < -0.3 is 4.74 Å². The smallest absolute Gasteiger partial charge is 0.416 e. The van der Waals surface area contributed by atoms with Crippen molar-refractivity contribution in [2.24, 2.45) is 0 Å². The molecule has 0 aliphatic carbocycles. The first-order chi connectivity index (χ1) is 14.7. The van der Waals surface area contributed by atoms with Crippen LogP contribution in [0.1, 0.15) is 30.9 Å². The van der Waals surface area contributed by atoms with E-state index in [0.717, 1.165) is 36.7 Å². The number of halogens is 3. The fourth-order valence-electron chi connectivity index (χ4n) is 5.39. The van der Waals surface area contributed by atoms with E-state index in [1.54, 1.807) is 13.2 Å². The molecule has 31 heavy (non-hydrogen) atoms. The van der Waals surface area contributed by atoms with Gasteiger partial charge in [0.05, 0.1) is 32.7 Å². The van der Waals surface area contributed by atoms with Gasteiger partial charge >= 0.3 is 6.18 Å². The van der Waals surface area contributed by atoms with Crippen LogP contribution in [0.2, 0.25) is 0 Å². The van der Waals surface area contributed by atoms with Crippen LogP contribution < -0.4 is 9.22 Å². The van der Waals surface area contributed by atoms with E-state index in [-0.39, 0.29) is 0 Å². The number of nitrogens with zero attached hydrogens (tertiary/aromatic N) is 4. The van der Waals surface area contributed by atoms with Crippen LogP contribution in [0.4, 0.5) is 18.9 Å². The Morgan fingerprint density at radius 1 is 0.871 bits per heavy atom. The first-order valence-electron chi connectivity index (χ1n) is 10.6. The quantitative estimate of drug-likeness (QED) is 0.661. The number of benzene rings is 2. The van der Waals surface area contributed by atoms with Crippen LogP contribution in [0.15, 0.2) is 36.4 Å². The van der Waals surface area contributed by atoms with Crippen LogP contribution in [0.25, 0.3) is 11.1 Å². The van der Waals surface area contributed by atoms with Crippen LogP contribution >= 0.6 is 0 Å². The predicted octanol–water partition coefficient (Wildman–Crippen LogP) is 4.50. The highest BCUT2D eigenvalue weighted by molar-refractivity contribution is 5.82. The van der Waals surface area contributed by atoms with E-state index >= 15 is 0 Å². The molecule has 8 heteroatoms. The second kappa shape index (κ2) is 7.20. The van der Waals surface area contributed by atoms with Crippen molar-refractivity contribution < 1.29 is 17.9 Å². The maximum absolute atomic E-state index is 13.7. The summed E-state index contributed by atoms with van der Waals surface area (Å²) in [7, 11) is 1.61. The summed E-state index contributed by atoms with van der Waals surface area (Å²) in [5.74, 6) is 0.986. The summed E-state index contributed by atoms with van der Waals surface area (Å²) in [6.45, 7) is 8.99. The van der Waals surface area contributed by atoms with Gasteiger partial charge in [0.15, 0.2) is 0 Å². The van der Waals surface area contributed by atoms with Crippen LogP contribution in [-0.2, 0) is 6.18 Å². The molecule has 0 spiro atoms. The van der Waals surface area contributed by atoms with E-state index in [4.69, 9.17) is 4.74 Å². The third-order valence-electron chi connectivity index (χ3n) is 6.63. The lowest BCUT2D eigenvalue weighted by Crippen LogP contribution is -2.80. The van der Waals surface area contributed by atoms with Gasteiger partial charge in [-0.05, 0) is 35.7 Å². The van der Waals surface area contributed by atoms with Gasteiger partial charge in [-0.2, -0.15) is 13.2 Å². The van der Waals surface area contributed by atoms with E-state index in [2.05, 4.69) is 34.6 Å². The molecule has 0 amide bonds. The molecule has 0 N–H and O–H groups in total. The topological polar surface area (TPSA) is 19.0 Å². The molecule has 4 aliphatic heterocycles. The van der Waals surface area contributed by atoms with Gasteiger partial charge in [0.25, 0.3) is 0 Å². The summed E-state index contributed by atoms with van der Waals surface area (Å²) in [6.07, 6.45) is -4.38. The number of hydrogen-bond donors (Lipinski definition) is 0. The Bertz CT molecular complexity index is 970. The normalized spacial score (nSPS) is 29.6. The van der Waals surface area contributed by atoms with E-state index in [0.29, 0.717) is 41.8 Å². The highest BCUT2D eigenvalue weighted by Gasteiger charge is 2.51. The van der Waals surface area contributed by atoms with Crippen molar-refractivity contribution in [3.05, 3.63) is 47.5 Å². The molecular weight excluding hydrogens is 405 g/mol. The molecule has 2 aromatic carbocycles. The molecule has 0 unspecified atom stereocenters. The van der Waals surface area contributed by atoms with Crippen LogP contribution in [0.3, 0.4) is 0 Å². The summed E-state index contributed by atoms with van der Waals surface area (Å²) in [4.78, 5) is 6.92. The number of ether oxygens (including phenoxy) is 1. The van der Waals surface area contributed by atoms with Gasteiger partial charge in [-0.25, -0.2) is 14.7 Å². The molecule has 4 aliphatic rings. The SMILES string of the molecule is COc1ccc(C(C)C)cc1-c1ccc(C(F)(F)F)cc1[N+]12CN3CN(CN(C3)C1)C2. The number of methoxy groups -OCH3 is 1. The molecular formula is C23H28F3N4O+. The summed E-state index contributed by atoms with van der Waals surface area (Å²) in [6, 6.07) is 10.2. The molecule has 4 fully saturated rings. The lowest BCUT2D eigenvalue weighted by molar-refractivity contribution is -0.189. The molecule has 0 atom stereocenters. The monoisotopic (exact) mass is 433 g/mol. The number of quaternary nitrogens is 1. The van der Waals surface area contributed by atoms with Gasteiger partial charge in [-0.3, -0.25) is 4.48 Å². The first-order valence-corrected chi connectivity index (χ1v) is 10.6. The molecule has 4 heterocycles. The van der Waals surface area contributed by atoms with Gasteiger partial charge in [0.2, 0.25) is 0 Å². The Balaban J connectivity index is 1.72. The highest BCUT2D eigenvalue weighted by Crippen LogP contribution is 2.46. The molecule has 0 saturated carbocycles. The average molecular weight is 433 g/mol. The zero-order valence-corrected chi connectivity index (χ0v) is 18.1. The average Bonchev–Trinajstić information content (AvgIpc) is 2.71. The Morgan fingerprint density at radius 2 is 1.48 bits per heavy atom. The summed E-state index contributed by atoms with van der Waals surface area (Å²) in [5, 5.41) is 0. The molecule has 0 aromatic heterocycles. The van der Waals surface area contributed by atoms with Crippen molar-refractivity contribution in [3.8, 4) is 16.9 Å². The fourth-order valence-corrected chi connectivity index (χ4v) is 5.39. The van der Waals surface area contributed by atoms with Crippen molar-refractivity contribution >= 4 is 5.69 Å². The summed E-state index contributed by atoms with van der Waals surface area (Å²) < 4.78 is 47.3. The second-order valence-electron chi connectivity index (χ2n) is 9.35. The maximum Gasteiger partial charge on any atom is 0.416 e. The molecule has 6 rings (SSSR count). The van der Waals surface area contributed by atoms with E-state index in [1.165, 1.54) is 12.1 Å². The van der Waals surface area contributed by atoms with Crippen molar-refractivity contribution in [2.45, 2.75) is 25.9 Å². The van der Waals surface area contributed by atoms with Crippen LogP contribution in [0, 0.1) is 0 Å². The summed E-state index contributed by atoms with van der Waals surface area (Å²) >= 11 is 0. The van der Waals surface area contributed by atoms with E-state index < -0.39 is 11.7 Å². The molecule has 4 saturated heterocycles. The van der Waals surface area contributed by atoms with Gasteiger partial charge in [-0.1, -0.05) is 19.9 Å². The predicted molar refractivity (Wildman–Crippen MR) is 114 cm³/mol. The Hall–Kier alpha value is -2.13. The minimum absolute atomic E-state index is 0.305. The molecule has 166 valence electrons. The minimum atomic E-state index is -4.38. The van der Waals surface area contributed by atoms with Crippen molar-refractivity contribution in [1.82, 2.24) is 19.2 Å². The van der Waals surface area contributed by atoms with E-state index in [9.17, 15) is 13.2 Å². The third kappa shape index (κ3) is 3.51. The second-order valence-corrected chi connectivity index (χ2v) is 9.35. The molecule has 5 nitrogen and oxygen atoms in total. The first kappa shape index (κ1) is 20.8. The van der Waals surface area contributed by atoms with Gasteiger partial charge in [0.1, 0.15) is 31.4 Å². The third-order valence-corrected chi connectivity index (χ3v) is 6.63. The Labute approximate surface area is 180 Å². The molecule has 2 aromatic rings. The maximum atomic E-state index is 13.7. The van der Waals surface area contributed by atoms with Crippen LogP contribution in [-0.4, -0.2) is 61.8 Å². The zero-order valence-electron chi connectivity index (χ0n) is 18.1. The largest absolute Gasteiger partial charge is 0.496 e. The molecule has 4 bridgehead atoms. The van der Waals surface area contributed by atoms with Gasteiger partial charge in [0, 0.05) is 17.2 Å². The van der Waals surface area contributed by atoms with Crippen molar-refractivity contribution in [3.63, 3.8) is 0 Å². The number of rotatable bonds is 4. The van der Waals surface area contributed by atoms with Crippen LogP contribution in [0.5, 0.6) is 5.75 Å². The highest BCUT2D eigenvalue weighted by atomic mass is 19.4. The Morgan fingerprint density at radius 3 is 2.00 bits per heavy atom. The fraction of sp³-hybridized carbons (Fsp3) is 0.478. The Kier molecular flexibility index (Phi) is 4.82. The van der Waals surface area contributed by atoms with Crippen molar-refractivity contribution in [1.29, 1.82) is 0 Å². The lowest BCUT2D eigenvalue weighted by Gasteiger charge is -2.60. The number of alkyl halides is 3. The lowest BCUT2D eigenvalue weighted by atomic mass is 9.93. The summed E-state index contributed by atoms with van der Waals surface area (Å²) in [5.41, 5.74) is 2.92. The van der Waals surface area contributed by atoms with E-state index in [1.807, 2.05) is 12.1 Å².